The van der Waals surface area contributed by atoms with Gasteiger partial charge in [-0.2, -0.15) is 0 Å². The van der Waals surface area contributed by atoms with Gasteiger partial charge in [-0.25, -0.2) is 4.39 Å². The summed E-state index contributed by atoms with van der Waals surface area (Å²) in [5.74, 6) is -2.12. The third-order valence-corrected chi connectivity index (χ3v) is 6.12. The van der Waals surface area contributed by atoms with Crippen molar-refractivity contribution in [3.8, 4) is 5.75 Å². The fourth-order valence-electron chi connectivity index (χ4n) is 4.55. The van der Waals surface area contributed by atoms with Crippen LogP contribution < -0.4 is 10.7 Å². The van der Waals surface area contributed by atoms with Gasteiger partial charge in [-0.3, -0.25) is 14.4 Å². The number of pyridine rings is 1. The number of aromatic hydroxyl groups is 1. The van der Waals surface area contributed by atoms with Crippen LogP contribution in [0.2, 0.25) is 0 Å². The van der Waals surface area contributed by atoms with E-state index in [0.29, 0.717) is 30.8 Å². The lowest BCUT2D eigenvalue weighted by Gasteiger charge is -2.33. The summed E-state index contributed by atoms with van der Waals surface area (Å²) in [6, 6.07) is 5.28. The number of rotatable bonds is 5. The molecule has 9 heteroatoms. The molecule has 0 spiro atoms. The Morgan fingerprint density at radius 1 is 1.26 bits per heavy atom. The summed E-state index contributed by atoms with van der Waals surface area (Å²) in [6.07, 6.45) is 0.616. The number of carbonyl (C=O) groups is 2. The van der Waals surface area contributed by atoms with Crippen molar-refractivity contribution in [2.45, 2.75) is 32.0 Å². The van der Waals surface area contributed by atoms with Crippen LogP contribution in [0.1, 0.15) is 57.5 Å². The first-order valence-electron chi connectivity index (χ1n) is 10.2. The molecule has 2 amide bonds. The zero-order valence-corrected chi connectivity index (χ0v) is 17.7. The fourth-order valence-corrected chi connectivity index (χ4v) is 4.55. The van der Waals surface area contributed by atoms with Crippen molar-refractivity contribution in [3.63, 3.8) is 0 Å². The molecule has 0 aliphatic carbocycles. The second-order valence-corrected chi connectivity index (χ2v) is 8.18. The summed E-state index contributed by atoms with van der Waals surface area (Å²) in [7, 11) is 3.71. The van der Waals surface area contributed by atoms with Gasteiger partial charge in [-0.1, -0.05) is 12.1 Å². The minimum absolute atomic E-state index is 0.0439. The summed E-state index contributed by atoms with van der Waals surface area (Å²) < 4.78 is 14.8. The molecule has 0 bridgehead atoms. The molecule has 164 valence electrons. The predicted molar refractivity (Wildman–Crippen MR) is 112 cm³/mol. The molecule has 3 heterocycles. The number of hydrogen-bond donors (Lipinski definition) is 2. The quantitative estimate of drug-likeness (QED) is 0.755. The molecule has 0 saturated carbocycles. The topological polar surface area (TPSA) is 94.9 Å². The number of nitrogens with one attached hydrogen (secondary N) is 1. The number of amides is 2. The van der Waals surface area contributed by atoms with Crippen molar-refractivity contribution in [2.24, 2.45) is 0 Å². The molecule has 2 atom stereocenters. The van der Waals surface area contributed by atoms with E-state index in [9.17, 15) is 23.9 Å². The lowest BCUT2D eigenvalue weighted by molar-refractivity contribution is 0.0673. The number of hydrogen-bond acceptors (Lipinski definition) is 5. The molecule has 31 heavy (non-hydrogen) atoms. The lowest BCUT2D eigenvalue weighted by Crippen LogP contribution is -2.44. The second kappa shape index (κ2) is 7.81. The van der Waals surface area contributed by atoms with E-state index >= 15 is 0 Å². The van der Waals surface area contributed by atoms with Gasteiger partial charge in [-0.15, -0.1) is 0 Å². The summed E-state index contributed by atoms with van der Waals surface area (Å²) in [5.41, 5.74) is 0.0780. The molecule has 1 aromatic heterocycles. The van der Waals surface area contributed by atoms with Crippen molar-refractivity contribution in [1.29, 1.82) is 0 Å². The van der Waals surface area contributed by atoms with Crippen LogP contribution in [0.3, 0.4) is 0 Å². The molecule has 2 N–H and O–H groups in total. The van der Waals surface area contributed by atoms with Crippen molar-refractivity contribution in [2.75, 3.05) is 27.2 Å². The van der Waals surface area contributed by atoms with Crippen molar-refractivity contribution in [3.05, 3.63) is 62.8 Å². The van der Waals surface area contributed by atoms with E-state index in [1.54, 1.807) is 21.6 Å². The SMILES string of the molecule is CCN1C[C@@H]2C[C@@H](N(C)C)c3c(C(=O)NCc4ccc(F)cc4)c(=O)c(O)c(n32)C1=O. The van der Waals surface area contributed by atoms with Gasteiger partial charge in [0.2, 0.25) is 5.43 Å². The van der Waals surface area contributed by atoms with Crippen LogP contribution in [0.5, 0.6) is 5.75 Å². The molecular weight excluding hydrogens is 403 g/mol. The highest BCUT2D eigenvalue weighted by atomic mass is 19.1. The Morgan fingerprint density at radius 3 is 2.55 bits per heavy atom. The Labute approximate surface area is 178 Å². The first-order chi connectivity index (χ1) is 14.7. The van der Waals surface area contributed by atoms with Crippen LogP contribution >= 0.6 is 0 Å². The Bertz CT molecular complexity index is 1110. The zero-order chi connectivity index (χ0) is 22.4. The molecule has 0 saturated heterocycles. The highest BCUT2D eigenvalue weighted by Crippen LogP contribution is 2.43. The maximum atomic E-state index is 13.1. The standard InChI is InChI=1S/C22H25FN4O4/c1-4-26-11-14-9-15(25(2)3)17-16(19(28)20(29)18(22(26)31)27(14)17)21(30)24-10-12-5-7-13(23)8-6-12/h5-8,14-15,29H,4,9-11H2,1-3H3,(H,24,30)/t14-,15+/m0/s1. The highest BCUT2D eigenvalue weighted by molar-refractivity contribution is 6.00. The monoisotopic (exact) mass is 428 g/mol. The number of halogens is 1. The maximum Gasteiger partial charge on any atom is 0.274 e. The number of benzene rings is 1. The summed E-state index contributed by atoms with van der Waals surface area (Å²) in [6.45, 7) is 2.86. The minimum atomic E-state index is -0.850. The van der Waals surface area contributed by atoms with Crippen molar-refractivity contribution >= 4 is 11.8 Å². The van der Waals surface area contributed by atoms with E-state index in [2.05, 4.69) is 5.32 Å². The molecule has 8 nitrogen and oxygen atoms in total. The maximum absolute atomic E-state index is 13.1. The van der Waals surface area contributed by atoms with Gasteiger partial charge in [-0.05, 0) is 45.1 Å². The van der Waals surface area contributed by atoms with Gasteiger partial charge >= 0.3 is 0 Å². The minimum Gasteiger partial charge on any atom is -0.503 e. The number of aromatic nitrogens is 1. The normalized spacial score (nSPS) is 19.6. The molecule has 1 aromatic carbocycles. The lowest BCUT2D eigenvalue weighted by atomic mass is 10.0. The van der Waals surface area contributed by atoms with E-state index in [1.165, 1.54) is 12.1 Å². The van der Waals surface area contributed by atoms with Gasteiger partial charge in [0, 0.05) is 19.6 Å². The van der Waals surface area contributed by atoms with Crippen molar-refractivity contribution < 1.29 is 19.1 Å². The molecule has 2 aromatic rings. The van der Waals surface area contributed by atoms with Gasteiger partial charge in [0.25, 0.3) is 11.8 Å². The average Bonchev–Trinajstić information content (AvgIpc) is 3.11. The molecule has 2 aliphatic heterocycles. The van der Waals surface area contributed by atoms with Crippen LogP contribution in [0.25, 0.3) is 0 Å². The van der Waals surface area contributed by atoms with Crippen LogP contribution in [-0.2, 0) is 6.54 Å². The summed E-state index contributed by atoms with van der Waals surface area (Å²) >= 11 is 0. The Hall–Kier alpha value is -3.20. The first-order valence-corrected chi connectivity index (χ1v) is 10.2. The van der Waals surface area contributed by atoms with Crippen LogP contribution in [0.4, 0.5) is 4.39 Å². The number of carbonyl (C=O) groups excluding carboxylic acids is 2. The number of likely N-dealkylation sites (N-methyl/N-ethyl adjacent to an activating group) is 1. The Morgan fingerprint density at radius 2 is 1.94 bits per heavy atom. The van der Waals surface area contributed by atoms with E-state index in [-0.39, 0.29) is 35.7 Å². The fraction of sp³-hybridized carbons (Fsp3) is 0.409. The average molecular weight is 428 g/mol. The molecule has 0 unspecified atom stereocenters. The van der Waals surface area contributed by atoms with Crippen LogP contribution in [0.15, 0.2) is 29.1 Å². The van der Waals surface area contributed by atoms with E-state index in [1.807, 2.05) is 25.9 Å². The molecule has 2 aliphatic rings. The van der Waals surface area contributed by atoms with E-state index in [0.717, 1.165) is 0 Å². The highest BCUT2D eigenvalue weighted by Gasteiger charge is 2.45. The smallest absolute Gasteiger partial charge is 0.274 e. The van der Waals surface area contributed by atoms with Crippen LogP contribution in [0, 0.1) is 5.82 Å². The Kier molecular flexibility index (Phi) is 5.30. The molecule has 0 fully saturated rings. The Balaban J connectivity index is 1.80. The van der Waals surface area contributed by atoms with E-state index in [4.69, 9.17) is 0 Å². The van der Waals surface area contributed by atoms with Crippen LogP contribution in [-0.4, -0.2) is 58.5 Å². The molecule has 0 radical (unpaired) electrons. The zero-order valence-electron chi connectivity index (χ0n) is 17.7. The number of nitrogens with zero attached hydrogens (tertiary/aromatic N) is 3. The second-order valence-electron chi connectivity index (χ2n) is 8.18. The van der Waals surface area contributed by atoms with E-state index < -0.39 is 23.0 Å². The molecular formula is C22H25FN4O4. The van der Waals surface area contributed by atoms with Crippen molar-refractivity contribution in [1.82, 2.24) is 19.7 Å². The predicted octanol–water partition coefficient (Wildman–Crippen LogP) is 1.65. The summed E-state index contributed by atoms with van der Waals surface area (Å²) in [5, 5.41) is 13.3. The third-order valence-electron chi connectivity index (χ3n) is 6.12. The largest absolute Gasteiger partial charge is 0.503 e. The summed E-state index contributed by atoms with van der Waals surface area (Å²) in [4.78, 5) is 42.6. The van der Waals surface area contributed by atoms with Gasteiger partial charge in [0.05, 0.1) is 17.8 Å². The van der Waals surface area contributed by atoms with Gasteiger partial charge in [0.1, 0.15) is 11.4 Å². The third kappa shape index (κ3) is 3.38. The van der Waals surface area contributed by atoms with Gasteiger partial charge < -0.3 is 24.8 Å². The molecule has 4 rings (SSSR count). The van der Waals surface area contributed by atoms with Gasteiger partial charge in [0.15, 0.2) is 11.4 Å². The first kappa shape index (κ1) is 21.0.